The van der Waals surface area contributed by atoms with E-state index in [-0.39, 0.29) is 5.54 Å². The molecule has 0 bridgehead atoms. The Morgan fingerprint density at radius 3 is 2.29 bits per heavy atom. The van der Waals surface area contributed by atoms with Crippen molar-refractivity contribution in [3.63, 3.8) is 0 Å². The van der Waals surface area contributed by atoms with Crippen LogP contribution in [-0.4, -0.2) is 6.54 Å². The Labute approximate surface area is 95.0 Å². The van der Waals surface area contributed by atoms with Crippen LogP contribution < -0.4 is 5.32 Å². The molecular weight excluding hydrogens is 238 g/mol. The number of hydrogen-bond acceptors (Lipinski definition) is 1. The number of halogens is 1. The van der Waals surface area contributed by atoms with Crippen LogP contribution in [0.2, 0.25) is 0 Å². The molecule has 78 valence electrons. The molecule has 1 aromatic carbocycles. The summed E-state index contributed by atoms with van der Waals surface area (Å²) in [5.74, 6) is 0. The van der Waals surface area contributed by atoms with Gasteiger partial charge >= 0.3 is 0 Å². The summed E-state index contributed by atoms with van der Waals surface area (Å²) in [5.41, 5.74) is 1.39. The van der Waals surface area contributed by atoms with E-state index in [1.54, 1.807) is 0 Å². The van der Waals surface area contributed by atoms with Crippen LogP contribution >= 0.6 is 15.9 Å². The fourth-order valence-electron chi connectivity index (χ4n) is 1.41. The van der Waals surface area contributed by atoms with Crippen molar-refractivity contribution in [1.82, 2.24) is 5.32 Å². The lowest BCUT2D eigenvalue weighted by Gasteiger charge is -2.27. The summed E-state index contributed by atoms with van der Waals surface area (Å²) >= 11 is 3.44. The molecule has 0 unspecified atom stereocenters. The van der Waals surface area contributed by atoms with Gasteiger partial charge in [0, 0.05) is 10.0 Å². The number of nitrogens with one attached hydrogen (secondary N) is 1. The topological polar surface area (TPSA) is 12.0 Å². The molecular formula is C12H18BrN. The summed E-state index contributed by atoms with van der Waals surface area (Å²) in [6.07, 6.45) is 1.17. The van der Waals surface area contributed by atoms with E-state index in [1.807, 2.05) is 0 Å². The fraction of sp³-hybridized carbons (Fsp3) is 0.500. The molecule has 14 heavy (non-hydrogen) atoms. The number of hydrogen-bond donors (Lipinski definition) is 1. The fourth-order valence-corrected chi connectivity index (χ4v) is 1.67. The molecule has 0 fully saturated rings. The van der Waals surface area contributed by atoms with Crippen LogP contribution in [0, 0.1) is 0 Å². The van der Waals surface area contributed by atoms with Gasteiger partial charge in [0.05, 0.1) is 0 Å². The van der Waals surface area contributed by atoms with Crippen molar-refractivity contribution < 1.29 is 0 Å². The predicted octanol–water partition coefficient (Wildman–Crippen LogP) is 3.68. The Morgan fingerprint density at radius 2 is 1.79 bits per heavy atom. The normalized spacial score (nSPS) is 11.7. The third-order valence-corrected chi connectivity index (χ3v) is 2.91. The monoisotopic (exact) mass is 255 g/mol. The van der Waals surface area contributed by atoms with Gasteiger partial charge in [-0.3, -0.25) is 0 Å². The molecule has 0 aliphatic heterocycles. The Hall–Kier alpha value is -0.340. The van der Waals surface area contributed by atoms with Crippen LogP contribution in [0.25, 0.3) is 0 Å². The molecule has 1 N–H and O–H groups in total. The Bertz CT molecular complexity index is 277. The van der Waals surface area contributed by atoms with E-state index in [0.29, 0.717) is 0 Å². The average Bonchev–Trinajstić information content (AvgIpc) is 2.16. The molecule has 1 aromatic rings. The third-order valence-electron chi connectivity index (χ3n) is 2.38. The van der Waals surface area contributed by atoms with E-state index in [0.717, 1.165) is 11.0 Å². The lowest BCUT2D eigenvalue weighted by Crippen LogP contribution is -2.36. The van der Waals surface area contributed by atoms with E-state index in [4.69, 9.17) is 0 Å². The molecule has 1 nitrogen and oxygen atoms in total. The van der Waals surface area contributed by atoms with Gasteiger partial charge in [-0.1, -0.05) is 35.0 Å². The second-order valence-corrected chi connectivity index (χ2v) is 4.97. The van der Waals surface area contributed by atoms with E-state index in [2.05, 4.69) is 66.3 Å². The van der Waals surface area contributed by atoms with Gasteiger partial charge < -0.3 is 5.32 Å². The molecule has 0 aliphatic rings. The van der Waals surface area contributed by atoms with Gasteiger partial charge in [-0.25, -0.2) is 0 Å². The lowest BCUT2D eigenvalue weighted by atomic mass is 9.94. The third kappa shape index (κ3) is 3.10. The zero-order chi connectivity index (χ0) is 10.6. The zero-order valence-electron chi connectivity index (χ0n) is 9.10. The summed E-state index contributed by atoms with van der Waals surface area (Å²) in [6.45, 7) is 7.67. The summed E-state index contributed by atoms with van der Waals surface area (Å²) in [5, 5.41) is 3.53. The van der Waals surface area contributed by atoms with E-state index in [9.17, 15) is 0 Å². The highest BCUT2D eigenvalue weighted by Gasteiger charge is 2.18. The van der Waals surface area contributed by atoms with Gasteiger partial charge in [-0.05, 0) is 44.5 Å². The van der Waals surface area contributed by atoms with Gasteiger partial charge in [-0.2, -0.15) is 0 Å². The number of benzene rings is 1. The number of rotatable bonds is 4. The second kappa shape index (κ2) is 4.94. The van der Waals surface area contributed by atoms with Crippen LogP contribution in [0.5, 0.6) is 0 Å². The maximum absolute atomic E-state index is 3.53. The van der Waals surface area contributed by atoms with Crippen LogP contribution in [0.3, 0.4) is 0 Å². The molecule has 0 amide bonds. The summed E-state index contributed by atoms with van der Waals surface area (Å²) in [7, 11) is 0. The average molecular weight is 256 g/mol. The van der Waals surface area contributed by atoms with Crippen molar-refractivity contribution in [2.45, 2.75) is 32.7 Å². The van der Waals surface area contributed by atoms with E-state index in [1.165, 1.54) is 12.0 Å². The first-order valence-electron chi connectivity index (χ1n) is 5.07. The van der Waals surface area contributed by atoms with Crippen LogP contribution in [0.4, 0.5) is 0 Å². The van der Waals surface area contributed by atoms with Crippen molar-refractivity contribution in [2.24, 2.45) is 0 Å². The zero-order valence-corrected chi connectivity index (χ0v) is 10.7. The Balaban J connectivity index is 2.75. The SMILES string of the molecule is CCCNC(C)(C)c1ccc(Br)cc1. The van der Waals surface area contributed by atoms with Crippen molar-refractivity contribution in [1.29, 1.82) is 0 Å². The first-order valence-corrected chi connectivity index (χ1v) is 5.86. The molecule has 0 saturated heterocycles. The molecule has 0 aliphatic carbocycles. The standard InChI is InChI=1S/C12H18BrN/c1-4-9-14-12(2,3)10-5-7-11(13)8-6-10/h5-8,14H,4,9H2,1-3H3. The molecule has 1 rings (SSSR count). The maximum Gasteiger partial charge on any atom is 0.0377 e. The highest BCUT2D eigenvalue weighted by atomic mass is 79.9. The highest BCUT2D eigenvalue weighted by molar-refractivity contribution is 9.10. The van der Waals surface area contributed by atoms with Crippen molar-refractivity contribution in [2.75, 3.05) is 6.54 Å². The first-order chi connectivity index (χ1) is 6.56. The van der Waals surface area contributed by atoms with Crippen molar-refractivity contribution in [3.8, 4) is 0 Å². The first kappa shape index (κ1) is 11.7. The molecule has 0 saturated carbocycles. The quantitative estimate of drug-likeness (QED) is 0.866. The Morgan fingerprint density at radius 1 is 1.21 bits per heavy atom. The van der Waals surface area contributed by atoms with E-state index < -0.39 is 0 Å². The summed E-state index contributed by atoms with van der Waals surface area (Å²) in [6, 6.07) is 8.49. The summed E-state index contributed by atoms with van der Waals surface area (Å²) in [4.78, 5) is 0. The van der Waals surface area contributed by atoms with Gasteiger partial charge in [-0.15, -0.1) is 0 Å². The predicted molar refractivity (Wildman–Crippen MR) is 65.5 cm³/mol. The smallest absolute Gasteiger partial charge is 0.0377 e. The van der Waals surface area contributed by atoms with E-state index >= 15 is 0 Å². The van der Waals surface area contributed by atoms with Crippen LogP contribution in [0.1, 0.15) is 32.8 Å². The van der Waals surface area contributed by atoms with Crippen molar-refractivity contribution >= 4 is 15.9 Å². The van der Waals surface area contributed by atoms with Gasteiger partial charge in [0.15, 0.2) is 0 Å². The van der Waals surface area contributed by atoms with Crippen LogP contribution in [-0.2, 0) is 5.54 Å². The molecule has 0 atom stereocenters. The van der Waals surface area contributed by atoms with Gasteiger partial charge in [0.2, 0.25) is 0 Å². The Kier molecular flexibility index (Phi) is 4.14. The van der Waals surface area contributed by atoms with Crippen LogP contribution in [0.15, 0.2) is 28.7 Å². The molecule has 0 spiro atoms. The van der Waals surface area contributed by atoms with Crippen molar-refractivity contribution in [3.05, 3.63) is 34.3 Å². The summed E-state index contributed by atoms with van der Waals surface area (Å²) < 4.78 is 1.13. The lowest BCUT2D eigenvalue weighted by molar-refractivity contribution is 0.404. The molecule has 2 heteroatoms. The van der Waals surface area contributed by atoms with Gasteiger partial charge in [0.1, 0.15) is 0 Å². The maximum atomic E-state index is 3.53. The minimum Gasteiger partial charge on any atom is -0.308 e. The molecule has 0 radical (unpaired) electrons. The highest BCUT2D eigenvalue weighted by Crippen LogP contribution is 2.21. The largest absolute Gasteiger partial charge is 0.308 e. The second-order valence-electron chi connectivity index (χ2n) is 4.06. The van der Waals surface area contributed by atoms with Gasteiger partial charge in [0.25, 0.3) is 0 Å². The molecule has 0 aromatic heterocycles. The molecule has 0 heterocycles. The minimum absolute atomic E-state index is 0.0662. The minimum atomic E-state index is 0.0662.